The molecule has 1 unspecified atom stereocenters. The fraction of sp³-hybridized carbons (Fsp3) is 0.636. The number of halogens is 1. The van der Waals surface area contributed by atoms with Crippen LogP contribution in [0.15, 0.2) is 11.4 Å². The van der Waals surface area contributed by atoms with Gasteiger partial charge in [-0.2, -0.15) is 0 Å². The molecule has 1 heterocycles. The molecule has 14 heavy (non-hydrogen) atoms. The predicted octanol–water partition coefficient (Wildman–Crippen LogP) is 4.26. The van der Waals surface area contributed by atoms with E-state index in [2.05, 4.69) is 20.8 Å². The third kappa shape index (κ3) is 3.60. The van der Waals surface area contributed by atoms with Crippen LogP contribution in [0.4, 0.5) is 0 Å². The highest BCUT2D eigenvalue weighted by Crippen LogP contribution is 2.33. The molecule has 1 aromatic heterocycles. The topological polar surface area (TPSA) is 20.2 Å². The summed E-state index contributed by atoms with van der Waals surface area (Å²) in [5.41, 5.74) is 0.269. The molecular formula is C11H17ClOS. The molecule has 3 heteroatoms. The van der Waals surface area contributed by atoms with Crippen LogP contribution < -0.4 is 0 Å². The molecule has 0 fully saturated rings. The second-order valence-corrected chi connectivity index (χ2v) is 6.10. The minimum atomic E-state index is -0.401. The molecule has 80 valence electrons. The third-order valence-corrected chi connectivity index (χ3v) is 3.57. The summed E-state index contributed by atoms with van der Waals surface area (Å²) in [6, 6.07) is 1.84. The summed E-state index contributed by atoms with van der Waals surface area (Å²) in [7, 11) is 0. The summed E-state index contributed by atoms with van der Waals surface area (Å²) in [6.07, 6.45) is 1.38. The first-order valence-electron chi connectivity index (χ1n) is 4.81. The van der Waals surface area contributed by atoms with E-state index in [0.29, 0.717) is 5.02 Å². The Morgan fingerprint density at radius 1 is 1.50 bits per heavy atom. The highest BCUT2D eigenvalue weighted by molar-refractivity contribution is 7.10. The maximum atomic E-state index is 9.88. The lowest BCUT2D eigenvalue weighted by molar-refractivity contribution is 0.151. The van der Waals surface area contributed by atoms with Crippen molar-refractivity contribution in [2.75, 3.05) is 0 Å². The highest BCUT2D eigenvalue weighted by atomic mass is 35.5. The van der Waals surface area contributed by atoms with Crippen molar-refractivity contribution in [1.82, 2.24) is 0 Å². The van der Waals surface area contributed by atoms with E-state index in [1.54, 1.807) is 0 Å². The van der Waals surface area contributed by atoms with Gasteiger partial charge in [0.25, 0.3) is 0 Å². The zero-order valence-corrected chi connectivity index (χ0v) is 10.5. The molecule has 0 aliphatic heterocycles. The monoisotopic (exact) mass is 232 g/mol. The van der Waals surface area contributed by atoms with Gasteiger partial charge in [-0.3, -0.25) is 0 Å². The fourth-order valence-electron chi connectivity index (χ4n) is 1.24. The van der Waals surface area contributed by atoms with Crippen LogP contribution in [0.25, 0.3) is 0 Å². The van der Waals surface area contributed by atoms with Gasteiger partial charge in [0.2, 0.25) is 0 Å². The molecule has 0 radical (unpaired) electrons. The summed E-state index contributed by atoms with van der Waals surface area (Å²) in [6.45, 7) is 6.53. The van der Waals surface area contributed by atoms with Crippen LogP contribution in [0, 0.1) is 5.41 Å². The number of hydrogen-bond acceptors (Lipinski definition) is 2. The van der Waals surface area contributed by atoms with Crippen molar-refractivity contribution in [2.45, 2.75) is 39.7 Å². The van der Waals surface area contributed by atoms with E-state index in [0.717, 1.165) is 17.7 Å². The lowest BCUT2D eigenvalue weighted by atomic mass is 9.89. The summed E-state index contributed by atoms with van der Waals surface area (Å²) < 4.78 is 0. The maximum absolute atomic E-state index is 9.88. The molecule has 0 bridgehead atoms. The van der Waals surface area contributed by atoms with E-state index in [-0.39, 0.29) is 5.41 Å². The smallest absolute Gasteiger partial charge is 0.0897 e. The van der Waals surface area contributed by atoms with Gasteiger partial charge in [0.1, 0.15) is 0 Å². The van der Waals surface area contributed by atoms with Crippen LogP contribution >= 0.6 is 22.9 Å². The molecule has 1 aromatic rings. The van der Waals surface area contributed by atoms with Crippen LogP contribution in [0.5, 0.6) is 0 Å². The Morgan fingerprint density at radius 2 is 2.14 bits per heavy atom. The van der Waals surface area contributed by atoms with Gasteiger partial charge in [0, 0.05) is 0 Å². The van der Waals surface area contributed by atoms with Gasteiger partial charge in [-0.25, -0.2) is 0 Å². The quantitative estimate of drug-likeness (QED) is 0.826. The standard InChI is InChI=1S/C11H17ClOS/c1-11(2,3)6-4-9(13)10-8(12)5-7-14-10/h5,7,9,13H,4,6H2,1-3H3. The van der Waals surface area contributed by atoms with E-state index >= 15 is 0 Å². The third-order valence-electron chi connectivity index (χ3n) is 2.12. The van der Waals surface area contributed by atoms with Crippen molar-refractivity contribution < 1.29 is 5.11 Å². The van der Waals surface area contributed by atoms with E-state index in [1.807, 2.05) is 11.4 Å². The number of aliphatic hydroxyl groups excluding tert-OH is 1. The van der Waals surface area contributed by atoms with Crippen molar-refractivity contribution in [1.29, 1.82) is 0 Å². The molecule has 1 nitrogen and oxygen atoms in total. The van der Waals surface area contributed by atoms with Crippen LogP contribution in [0.3, 0.4) is 0 Å². The van der Waals surface area contributed by atoms with Gasteiger partial charge >= 0.3 is 0 Å². The summed E-state index contributed by atoms with van der Waals surface area (Å²) in [5, 5.41) is 12.5. The summed E-state index contributed by atoms with van der Waals surface area (Å²) in [5.74, 6) is 0. The number of aliphatic hydroxyl groups is 1. The van der Waals surface area contributed by atoms with Crippen LogP contribution in [-0.2, 0) is 0 Å². The van der Waals surface area contributed by atoms with Crippen molar-refractivity contribution in [2.24, 2.45) is 5.41 Å². The largest absolute Gasteiger partial charge is 0.388 e. The van der Waals surface area contributed by atoms with E-state index in [4.69, 9.17) is 11.6 Å². The fourth-order valence-corrected chi connectivity index (χ4v) is 2.45. The molecule has 0 aliphatic carbocycles. The Labute approximate surface area is 94.7 Å². The average molecular weight is 233 g/mol. The molecule has 0 amide bonds. The Hall–Kier alpha value is -0.0500. The molecule has 1 N–H and O–H groups in total. The Bertz CT molecular complexity index is 288. The summed E-state index contributed by atoms with van der Waals surface area (Å²) in [4.78, 5) is 0.899. The molecule has 0 aliphatic rings. The van der Waals surface area contributed by atoms with Crippen molar-refractivity contribution >= 4 is 22.9 Å². The normalized spacial score (nSPS) is 14.4. The van der Waals surface area contributed by atoms with Gasteiger partial charge in [0.15, 0.2) is 0 Å². The Balaban J connectivity index is 2.51. The van der Waals surface area contributed by atoms with Crippen molar-refractivity contribution in [3.63, 3.8) is 0 Å². The molecule has 0 saturated heterocycles. The molecule has 0 saturated carbocycles. The van der Waals surface area contributed by atoms with E-state index in [9.17, 15) is 5.11 Å². The Morgan fingerprint density at radius 3 is 2.57 bits per heavy atom. The van der Waals surface area contributed by atoms with Crippen LogP contribution in [0.2, 0.25) is 5.02 Å². The zero-order valence-electron chi connectivity index (χ0n) is 8.88. The minimum Gasteiger partial charge on any atom is -0.388 e. The van der Waals surface area contributed by atoms with Crippen molar-refractivity contribution in [3.8, 4) is 0 Å². The van der Waals surface area contributed by atoms with Gasteiger partial charge in [-0.15, -0.1) is 11.3 Å². The van der Waals surface area contributed by atoms with Crippen molar-refractivity contribution in [3.05, 3.63) is 21.3 Å². The SMILES string of the molecule is CC(C)(C)CCC(O)c1sccc1Cl. The average Bonchev–Trinajstić information content (AvgIpc) is 2.46. The van der Waals surface area contributed by atoms with E-state index in [1.165, 1.54) is 11.3 Å². The first-order valence-corrected chi connectivity index (χ1v) is 6.07. The zero-order chi connectivity index (χ0) is 10.8. The summed E-state index contributed by atoms with van der Waals surface area (Å²) >= 11 is 7.46. The number of thiophene rings is 1. The lowest BCUT2D eigenvalue weighted by Crippen LogP contribution is -2.07. The predicted molar refractivity (Wildman–Crippen MR) is 63.0 cm³/mol. The van der Waals surface area contributed by atoms with Crippen LogP contribution in [-0.4, -0.2) is 5.11 Å². The highest BCUT2D eigenvalue weighted by Gasteiger charge is 2.17. The second-order valence-electron chi connectivity index (χ2n) is 4.75. The molecule has 0 aromatic carbocycles. The van der Waals surface area contributed by atoms with Gasteiger partial charge < -0.3 is 5.11 Å². The molecular weight excluding hydrogens is 216 g/mol. The Kier molecular flexibility index (Phi) is 3.99. The minimum absolute atomic E-state index is 0.269. The first kappa shape index (κ1) is 12.0. The number of rotatable bonds is 3. The van der Waals surface area contributed by atoms with Gasteiger partial charge in [-0.1, -0.05) is 32.4 Å². The van der Waals surface area contributed by atoms with Gasteiger partial charge in [0.05, 0.1) is 16.0 Å². The molecule has 1 atom stereocenters. The lowest BCUT2D eigenvalue weighted by Gasteiger charge is -2.19. The second kappa shape index (κ2) is 4.65. The number of hydrogen-bond donors (Lipinski definition) is 1. The first-order chi connectivity index (χ1) is 6.40. The molecule has 0 spiro atoms. The van der Waals surface area contributed by atoms with Crippen LogP contribution in [0.1, 0.15) is 44.6 Å². The van der Waals surface area contributed by atoms with E-state index < -0.39 is 6.10 Å². The molecule has 1 rings (SSSR count). The maximum Gasteiger partial charge on any atom is 0.0897 e. The van der Waals surface area contributed by atoms with Gasteiger partial charge in [-0.05, 0) is 29.7 Å².